The van der Waals surface area contributed by atoms with Gasteiger partial charge >= 0.3 is 39.5 Å². The van der Waals surface area contributed by atoms with Crippen molar-refractivity contribution in [2.24, 2.45) is 11.8 Å². The van der Waals surface area contributed by atoms with Crippen LogP contribution in [-0.4, -0.2) is 96.7 Å². The normalized spacial score (nSPS) is 13.8. The van der Waals surface area contributed by atoms with E-state index in [1.807, 2.05) is 0 Å². The lowest BCUT2D eigenvalue weighted by Gasteiger charge is -2.21. The fourth-order valence-electron chi connectivity index (χ4n) is 13.2. The van der Waals surface area contributed by atoms with E-state index in [4.69, 9.17) is 37.0 Å². The van der Waals surface area contributed by atoms with Gasteiger partial charge in [0, 0.05) is 25.7 Å². The molecule has 0 spiro atoms. The molecule has 0 heterocycles. The summed E-state index contributed by atoms with van der Waals surface area (Å²) in [5.74, 6) is -0.571. The second-order valence-electron chi connectivity index (χ2n) is 31.5. The summed E-state index contributed by atoms with van der Waals surface area (Å²) in [5.41, 5.74) is 0. The molecule has 0 saturated heterocycles. The Bertz CT molecular complexity index is 1990. The predicted molar refractivity (Wildman–Crippen MR) is 428 cm³/mol. The van der Waals surface area contributed by atoms with Gasteiger partial charge in [0.1, 0.15) is 19.3 Å². The highest BCUT2D eigenvalue weighted by Crippen LogP contribution is 2.45. The van der Waals surface area contributed by atoms with Crippen LogP contribution in [0.15, 0.2) is 0 Å². The first-order valence-corrected chi connectivity index (χ1v) is 47.0. The molecule has 3 N–H and O–H groups in total. The highest BCUT2D eigenvalue weighted by molar-refractivity contribution is 7.47. The van der Waals surface area contributed by atoms with Crippen LogP contribution in [0.1, 0.15) is 452 Å². The molecule has 0 aromatic rings. The lowest BCUT2D eigenvalue weighted by Crippen LogP contribution is -2.30. The minimum Gasteiger partial charge on any atom is -0.462 e. The highest BCUT2D eigenvalue weighted by atomic mass is 31.2. The van der Waals surface area contributed by atoms with E-state index >= 15 is 0 Å². The number of carbonyl (C=O) groups is 4. The number of unbranched alkanes of at least 4 members (excludes halogenated alkanes) is 54. The van der Waals surface area contributed by atoms with Crippen molar-refractivity contribution in [1.82, 2.24) is 0 Å². The number of phosphoric ester groups is 2. The van der Waals surface area contributed by atoms with Gasteiger partial charge in [0.15, 0.2) is 12.2 Å². The molecule has 0 bridgehead atoms. The SMILES string of the molecule is CCCCCCCCCCCCCCCCCCCCCCCC(=O)O[C@H](COC(=O)CCCCCCCCCCCCCCCCCC(C)C)COP(=O)(O)OC[C@@H](O)COP(=O)(O)OC[C@@H](COC(=O)CCCCCCCCCCC(C)C)OC(=O)CCCCCCCCCCCCCCCC. The van der Waals surface area contributed by atoms with Crippen molar-refractivity contribution in [2.75, 3.05) is 39.6 Å². The summed E-state index contributed by atoms with van der Waals surface area (Å²) in [7, 11) is -9.93. The third-order valence-corrected chi connectivity index (χ3v) is 21.9. The van der Waals surface area contributed by atoms with E-state index in [9.17, 15) is 43.2 Å². The molecule has 0 aliphatic rings. The van der Waals surface area contributed by atoms with Crippen LogP contribution in [0.5, 0.6) is 0 Å². The van der Waals surface area contributed by atoms with Gasteiger partial charge in [0.05, 0.1) is 26.4 Å². The highest BCUT2D eigenvalue weighted by Gasteiger charge is 2.30. The molecule has 618 valence electrons. The molecular weight excluding hydrogens is 1350 g/mol. The van der Waals surface area contributed by atoms with Crippen LogP contribution in [0.3, 0.4) is 0 Å². The van der Waals surface area contributed by atoms with Crippen molar-refractivity contribution in [1.29, 1.82) is 0 Å². The number of aliphatic hydroxyl groups is 1. The van der Waals surface area contributed by atoms with E-state index in [-0.39, 0.29) is 25.7 Å². The molecule has 0 aliphatic carbocycles. The molecule has 17 nitrogen and oxygen atoms in total. The van der Waals surface area contributed by atoms with Gasteiger partial charge in [-0.1, -0.05) is 401 Å². The maximum absolute atomic E-state index is 13.1. The molecule has 0 radical (unpaired) electrons. The Labute approximate surface area is 638 Å². The fourth-order valence-corrected chi connectivity index (χ4v) is 14.8. The summed E-state index contributed by atoms with van der Waals surface area (Å²) >= 11 is 0. The maximum Gasteiger partial charge on any atom is 0.472 e. The maximum atomic E-state index is 13.1. The number of rotatable bonds is 84. The first kappa shape index (κ1) is 102. The van der Waals surface area contributed by atoms with Crippen LogP contribution in [0, 0.1) is 11.8 Å². The van der Waals surface area contributed by atoms with Gasteiger partial charge < -0.3 is 33.8 Å². The molecule has 19 heteroatoms. The minimum absolute atomic E-state index is 0.108. The second kappa shape index (κ2) is 76.4. The molecule has 2 unspecified atom stereocenters. The number of ether oxygens (including phenoxy) is 4. The van der Waals surface area contributed by atoms with Crippen molar-refractivity contribution in [3.05, 3.63) is 0 Å². The minimum atomic E-state index is -4.97. The molecule has 0 aliphatic heterocycles. The van der Waals surface area contributed by atoms with E-state index in [0.29, 0.717) is 25.7 Å². The van der Waals surface area contributed by atoms with Crippen LogP contribution in [0.2, 0.25) is 0 Å². The Morgan fingerprint density at radius 1 is 0.260 bits per heavy atom. The van der Waals surface area contributed by atoms with Crippen LogP contribution >= 0.6 is 15.6 Å². The van der Waals surface area contributed by atoms with E-state index < -0.39 is 97.5 Å². The Morgan fingerprint density at radius 2 is 0.442 bits per heavy atom. The van der Waals surface area contributed by atoms with Gasteiger partial charge in [-0.3, -0.25) is 37.3 Å². The molecule has 5 atom stereocenters. The van der Waals surface area contributed by atoms with E-state index in [0.717, 1.165) is 102 Å². The summed E-state index contributed by atoms with van der Waals surface area (Å²) in [6, 6.07) is 0. The summed E-state index contributed by atoms with van der Waals surface area (Å²) in [4.78, 5) is 73.2. The van der Waals surface area contributed by atoms with Crippen LogP contribution in [-0.2, 0) is 65.4 Å². The first-order valence-electron chi connectivity index (χ1n) is 44.0. The van der Waals surface area contributed by atoms with Gasteiger partial charge in [-0.05, 0) is 37.5 Å². The Kier molecular flexibility index (Phi) is 75.0. The first-order chi connectivity index (χ1) is 50.4. The van der Waals surface area contributed by atoms with Crippen molar-refractivity contribution >= 4 is 39.5 Å². The summed E-state index contributed by atoms with van der Waals surface area (Å²) in [6.45, 7) is 9.66. The molecule has 0 rings (SSSR count). The fraction of sp³-hybridized carbons (Fsp3) is 0.953. The van der Waals surface area contributed by atoms with E-state index in [1.165, 1.54) is 270 Å². The summed E-state index contributed by atoms with van der Waals surface area (Å²) < 4.78 is 68.9. The predicted octanol–water partition coefficient (Wildman–Crippen LogP) is 25.8. The van der Waals surface area contributed by atoms with Gasteiger partial charge in [0.25, 0.3) is 0 Å². The molecule has 0 fully saturated rings. The Morgan fingerprint density at radius 3 is 0.654 bits per heavy atom. The van der Waals surface area contributed by atoms with Gasteiger partial charge in [0.2, 0.25) is 0 Å². The lowest BCUT2D eigenvalue weighted by atomic mass is 10.0. The number of phosphoric acid groups is 2. The molecule has 0 aromatic carbocycles. The number of hydrogen-bond acceptors (Lipinski definition) is 15. The van der Waals surface area contributed by atoms with Crippen molar-refractivity contribution in [2.45, 2.75) is 471 Å². The van der Waals surface area contributed by atoms with Crippen molar-refractivity contribution < 1.29 is 80.2 Å². The molecule has 0 aromatic heterocycles. The topological polar surface area (TPSA) is 237 Å². The lowest BCUT2D eigenvalue weighted by molar-refractivity contribution is -0.161. The number of esters is 4. The summed E-state index contributed by atoms with van der Waals surface area (Å²) in [5, 5.41) is 10.7. The van der Waals surface area contributed by atoms with Gasteiger partial charge in [-0.2, -0.15) is 0 Å². The Hall–Kier alpha value is -1.94. The molecule has 104 heavy (non-hydrogen) atoms. The number of carbonyl (C=O) groups excluding carboxylic acids is 4. The zero-order valence-corrected chi connectivity index (χ0v) is 70.1. The third-order valence-electron chi connectivity index (χ3n) is 20.0. The number of hydrogen-bond donors (Lipinski definition) is 3. The zero-order chi connectivity index (χ0) is 76.4. The van der Waals surface area contributed by atoms with E-state index in [1.54, 1.807) is 0 Å². The van der Waals surface area contributed by atoms with Gasteiger partial charge in [-0.25, -0.2) is 9.13 Å². The van der Waals surface area contributed by atoms with Crippen molar-refractivity contribution in [3.63, 3.8) is 0 Å². The number of aliphatic hydroxyl groups excluding tert-OH is 1. The molecular formula is C85H166O17P2. The van der Waals surface area contributed by atoms with E-state index in [2.05, 4.69) is 41.5 Å². The van der Waals surface area contributed by atoms with Crippen LogP contribution < -0.4 is 0 Å². The largest absolute Gasteiger partial charge is 0.472 e. The van der Waals surface area contributed by atoms with Gasteiger partial charge in [-0.15, -0.1) is 0 Å². The van der Waals surface area contributed by atoms with Crippen LogP contribution in [0.25, 0.3) is 0 Å². The van der Waals surface area contributed by atoms with Crippen molar-refractivity contribution in [3.8, 4) is 0 Å². The zero-order valence-electron chi connectivity index (χ0n) is 68.3. The monoisotopic (exact) mass is 1520 g/mol. The average molecular weight is 1520 g/mol. The summed E-state index contributed by atoms with van der Waals surface area (Å²) in [6.07, 6.45) is 68.1. The molecule has 0 amide bonds. The average Bonchev–Trinajstić information content (AvgIpc) is 1.12. The quantitative estimate of drug-likeness (QED) is 0.0222. The second-order valence-corrected chi connectivity index (χ2v) is 34.4. The molecule has 0 saturated carbocycles. The standard InChI is InChI=1S/C85H166O17P2/c1-7-9-11-13-15-17-19-21-23-24-25-26-27-28-31-36-40-44-52-58-64-70-85(90)101-80(73-95-82(87)67-61-55-49-42-38-35-32-29-30-33-37-41-47-53-59-65-77(3)4)75-99-103(91,92)97-71-79(86)72-98-104(93,94)100-76-81(74-96-83(88)68-62-56-50-46-45-48-54-60-66-78(5)6)102-84(89)69-63-57-51-43-39-34-22-20-18-16-14-12-10-8-2/h77-81,86H,7-76H2,1-6H3,(H,91,92)(H,93,94)/t79-,80-,81-/m1/s1. The third kappa shape index (κ3) is 78.2. The Balaban J connectivity index is 5.23. The smallest absolute Gasteiger partial charge is 0.462 e. The van der Waals surface area contributed by atoms with Crippen LogP contribution in [0.4, 0.5) is 0 Å².